The lowest BCUT2D eigenvalue weighted by Gasteiger charge is -2.13. The van der Waals surface area contributed by atoms with E-state index in [0.29, 0.717) is 6.54 Å². The summed E-state index contributed by atoms with van der Waals surface area (Å²) in [6, 6.07) is 3.96. The fourth-order valence-corrected chi connectivity index (χ4v) is 2.02. The van der Waals surface area contributed by atoms with Gasteiger partial charge in [0.1, 0.15) is 11.8 Å². The molecule has 0 radical (unpaired) electrons. The van der Waals surface area contributed by atoms with Crippen molar-refractivity contribution in [2.45, 2.75) is 32.7 Å². The molecule has 0 aliphatic carbocycles. The van der Waals surface area contributed by atoms with Crippen LogP contribution in [0.1, 0.15) is 32.2 Å². The Balaban J connectivity index is 1.90. The highest BCUT2D eigenvalue weighted by atomic mass is 15.2. The van der Waals surface area contributed by atoms with Gasteiger partial charge in [-0.15, -0.1) is 0 Å². The fraction of sp³-hybridized carbons (Fsp3) is 0.333. The van der Waals surface area contributed by atoms with Gasteiger partial charge in [0.15, 0.2) is 5.82 Å². The zero-order chi connectivity index (χ0) is 14.9. The highest BCUT2D eigenvalue weighted by Crippen LogP contribution is 2.24. The number of fused-ring (bicyclic) bond motifs is 1. The number of hydrogen-bond donors (Lipinski definition) is 1. The van der Waals surface area contributed by atoms with E-state index >= 15 is 0 Å². The largest absolute Gasteiger partial charge is 0.363 e. The van der Waals surface area contributed by atoms with E-state index in [1.54, 1.807) is 18.7 Å². The van der Waals surface area contributed by atoms with Gasteiger partial charge in [0.05, 0.1) is 17.9 Å². The number of anilines is 1. The van der Waals surface area contributed by atoms with Crippen LogP contribution in [0.4, 0.5) is 5.82 Å². The molecule has 21 heavy (non-hydrogen) atoms. The summed E-state index contributed by atoms with van der Waals surface area (Å²) < 4.78 is 1.86. The third-order valence-electron chi connectivity index (χ3n) is 3.24. The van der Waals surface area contributed by atoms with E-state index in [9.17, 15) is 0 Å². The summed E-state index contributed by atoms with van der Waals surface area (Å²) in [5.41, 5.74) is 2.94. The van der Waals surface area contributed by atoms with Crippen molar-refractivity contribution in [2.24, 2.45) is 0 Å². The Morgan fingerprint density at radius 3 is 2.76 bits per heavy atom. The normalized spacial score (nSPS) is 11.8. The van der Waals surface area contributed by atoms with Crippen LogP contribution in [-0.4, -0.2) is 24.6 Å². The van der Waals surface area contributed by atoms with Gasteiger partial charge in [-0.3, -0.25) is 0 Å². The van der Waals surface area contributed by atoms with Gasteiger partial charge in [0, 0.05) is 24.0 Å². The second-order valence-electron chi connectivity index (χ2n) is 5.94. The zero-order valence-electron chi connectivity index (χ0n) is 12.4. The molecule has 1 N–H and O–H groups in total. The predicted octanol–water partition coefficient (Wildman–Crippen LogP) is 2.43. The van der Waals surface area contributed by atoms with Gasteiger partial charge < -0.3 is 5.32 Å². The molecule has 0 bridgehead atoms. The molecule has 3 rings (SSSR count). The SMILES string of the molecule is CC(C)(C)c1cc2c(NCc3ccncn3)nccn2n1. The first kappa shape index (κ1) is 13.5. The van der Waals surface area contributed by atoms with Gasteiger partial charge in [-0.25, -0.2) is 19.5 Å². The number of nitrogens with zero attached hydrogens (tertiary/aromatic N) is 5. The third kappa shape index (κ3) is 2.84. The van der Waals surface area contributed by atoms with Crippen molar-refractivity contribution < 1.29 is 0 Å². The van der Waals surface area contributed by atoms with E-state index in [-0.39, 0.29) is 5.41 Å². The molecule has 0 aliphatic heterocycles. The Bertz CT molecular complexity index is 742. The molecule has 0 unspecified atom stereocenters. The maximum absolute atomic E-state index is 4.61. The highest BCUT2D eigenvalue weighted by Gasteiger charge is 2.18. The molecule has 108 valence electrons. The van der Waals surface area contributed by atoms with Gasteiger partial charge >= 0.3 is 0 Å². The third-order valence-corrected chi connectivity index (χ3v) is 3.24. The van der Waals surface area contributed by atoms with Gasteiger partial charge in [0.2, 0.25) is 0 Å². The van der Waals surface area contributed by atoms with E-state index in [0.717, 1.165) is 22.7 Å². The lowest BCUT2D eigenvalue weighted by Crippen LogP contribution is -2.11. The van der Waals surface area contributed by atoms with Gasteiger partial charge in [0.25, 0.3) is 0 Å². The lowest BCUT2D eigenvalue weighted by atomic mass is 9.92. The second kappa shape index (κ2) is 5.12. The molecule has 0 aliphatic rings. The molecule has 6 nitrogen and oxygen atoms in total. The Morgan fingerprint density at radius 1 is 1.19 bits per heavy atom. The van der Waals surface area contributed by atoms with E-state index in [1.807, 2.05) is 16.8 Å². The van der Waals surface area contributed by atoms with Crippen molar-refractivity contribution in [2.75, 3.05) is 5.32 Å². The molecule has 0 fully saturated rings. The van der Waals surface area contributed by atoms with E-state index in [2.05, 4.69) is 52.2 Å². The minimum absolute atomic E-state index is 0.00987. The summed E-state index contributed by atoms with van der Waals surface area (Å²) in [7, 11) is 0. The first-order valence-electron chi connectivity index (χ1n) is 6.88. The predicted molar refractivity (Wildman–Crippen MR) is 81.0 cm³/mol. The van der Waals surface area contributed by atoms with Gasteiger partial charge in [-0.1, -0.05) is 20.8 Å². The number of hydrogen-bond acceptors (Lipinski definition) is 5. The van der Waals surface area contributed by atoms with E-state index in [4.69, 9.17) is 0 Å². The Hall–Kier alpha value is -2.50. The smallest absolute Gasteiger partial charge is 0.152 e. The summed E-state index contributed by atoms with van der Waals surface area (Å²) in [4.78, 5) is 12.5. The molecular formula is C15H18N6. The maximum atomic E-state index is 4.61. The van der Waals surface area contributed by atoms with Crippen LogP contribution in [0.15, 0.2) is 37.1 Å². The van der Waals surface area contributed by atoms with Gasteiger partial charge in [-0.2, -0.15) is 5.10 Å². The molecule has 0 aromatic carbocycles. The monoisotopic (exact) mass is 282 g/mol. The topological polar surface area (TPSA) is 68.0 Å². The lowest BCUT2D eigenvalue weighted by molar-refractivity contribution is 0.562. The van der Waals surface area contributed by atoms with Crippen LogP contribution in [0.25, 0.3) is 5.52 Å². The summed E-state index contributed by atoms with van der Waals surface area (Å²) in [6.45, 7) is 7.05. The van der Waals surface area contributed by atoms with E-state index in [1.165, 1.54) is 0 Å². The van der Waals surface area contributed by atoms with Crippen molar-refractivity contribution in [3.8, 4) is 0 Å². The summed E-state index contributed by atoms with van der Waals surface area (Å²) in [5, 5.41) is 7.92. The molecule has 3 aromatic heterocycles. The quantitative estimate of drug-likeness (QED) is 0.799. The highest BCUT2D eigenvalue weighted by molar-refractivity contribution is 5.68. The molecule has 3 aromatic rings. The van der Waals surface area contributed by atoms with Crippen LogP contribution in [0.2, 0.25) is 0 Å². The molecule has 0 amide bonds. The van der Waals surface area contributed by atoms with Gasteiger partial charge in [-0.05, 0) is 12.1 Å². The Kier molecular flexibility index (Phi) is 3.29. The molecule has 6 heteroatoms. The first-order chi connectivity index (χ1) is 10.0. The van der Waals surface area contributed by atoms with Crippen LogP contribution in [0, 0.1) is 0 Å². The van der Waals surface area contributed by atoms with Crippen LogP contribution in [-0.2, 0) is 12.0 Å². The van der Waals surface area contributed by atoms with Crippen LogP contribution in [0.5, 0.6) is 0 Å². The summed E-state index contributed by atoms with van der Waals surface area (Å²) in [5.74, 6) is 0.805. The summed E-state index contributed by atoms with van der Waals surface area (Å²) in [6.07, 6.45) is 6.88. The molecule has 3 heterocycles. The Morgan fingerprint density at radius 2 is 2.05 bits per heavy atom. The minimum atomic E-state index is 0.00987. The van der Waals surface area contributed by atoms with Crippen LogP contribution >= 0.6 is 0 Å². The number of aromatic nitrogens is 5. The van der Waals surface area contributed by atoms with Crippen molar-refractivity contribution in [3.63, 3.8) is 0 Å². The molecule has 0 saturated carbocycles. The average Bonchev–Trinajstić information content (AvgIpc) is 2.91. The van der Waals surface area contributed by atoms with Crippen molar-refractivity contribution in [3.05, 3.63) is 48.4 Å². The van der Waals surface area contributed by atoms with E-state index < -0.39 is 0 Å². The zero-order valence-corrected chi connectivity index (χ0v) is 12.4. The Labute approximate surface area is 123 Å². The second-order valence-corrected chi connectivity index (χ2v) is 5.94. The van der Waals surface area contributed by atoms with Crippen molar-refractivity contribution in [1.82, 2.24) is 24.6 Å². The number of nitrogens with one attached hydrogen (secondary N) is 1. The van der Waals surface area contributed by atoms with Crippen molar-refractivity contribution in [1.29, 1.82) is 0 Å². The summed E-state index contributed by atoms with van der Waals surface area (Å²) >= 11 is 0. The molecule has 0 atom stereocenters. The fourth-order valence-electron chi connectivity index (χ4n) is 2.02. The standard InChI is InChI=1S/C15H18N6/c1-15(2,3)13-8-12-14(17-6-7-21(12)20-13)18-9-11-4-5-16-10-19-11/h4-8,10H,9H2,1-3H3,(H,17,18). The minimum Gasteiger partial charge on any atom is -0.363 e. The van der Waals surface area contributed by atoms with Crippen LogP contribution < -0.4 is 5.32 Å². The first-order valence-corrected chi connectivity index (χ1v) is 6.88. The molecule has 0 spiro atoms. The molecule has 0 saturated heterocycles. The van der Waals surface area contributed by atoms with Crippen LogP contribution in [0.3, 0.4) is 0 Å². The number of rotatable bonds is 3. The van der Waals surface area contributed by atoms with Crippen molar-refractivity contribution >= 4 is 11.3 Å². The molecular weight excluding hydrogens is 264 g/mol. The maximum Gasteiger partial charge on any atom is 0.152 e. The average molecular weight is 282 g/mol.